The summed E-state index contributed by atoms with van der Waals surface area (Å²) in [7, 11) is 2.09. The molecule has 3 unspecified atom stereocenters. The van der Waals surface area contributed by atoms with Crippen molar-refractivity contribution in [2.24, 2.45) is 5.92 Å². The van der Waals surface area contributed by atoms with E-state index >= 15 is 0 Å². The molecule has 1 heterocycles. The number of benzene rings is 1. The van der Waals surface area contributed by atoms with Gasteiger partial charge in [-0.05, 0) is 38.8 Å². The summed E-state index contributed by atoms with van der Waals surface area (Å²) >= 11 is 0. The van der Waals surface area contributed by atoms with Crippen LogP contribution in [0.2, 0.25) is 0 Å². The zero-order chi connectivity index (χ0) is 13.1. The van der Waals surface area contributed by atoms with Crippen LogP contribution < -0.4 is 5.32 Å². The van der Waals surface area contributed by atoms with Crippen LogP contribution in [-0.2, 0) is 6.54 Å². The molecule has 1 N–H and O–H groups in total. The normalized spacial score (nSPS) is 29.4. The van der Waals surface area contributed by atoms with E-state index in [1.165, 1.54) is 24.1 Å². The summed E-state index contributed by atoms with van der Waals surface area (Å²) in [5.74, 6) is 0.717. The molecule has 0 aromatic heterocycles. The van der Waals surface area contributed by atoms with Crippen molar-refractivity contribution in [2.45, 2.75) is 45.8 Å². The number of piperidine rings is 1. The first-order valence-corrected chi connectivity index (χ1v) is 7.08. The van der Waals surface area contributed by atoms with Gasteiger partial charge in [-0.15, -0.1) is 0 Å². The second kappa shape index (κ2) is 5.85. The smallest absolute Gasteiger partial charge is 0.0236 e. The van der Waals surface area contributed by atoms with Crippen LogP contribution in [0.3, 0.4) is 0 Å². The van der Waals surface area contributed by atoms with Crippen LogP contribution in [0.1, 0.15) is 31.4 Å². The van der Waals surface area contributed by atoms with Crippen molar-refractivity contribution in [3.8, 4) is 0 Å². The summed E-state index contributed by atoms with van der Waals surface area (Å²) in [4.78, 5) is 2.61. The van der Waals surface area contributed by atoms with Gasteiger partial charge in [-0.2, -0.15) is 0 Å². The van der Waals surface area contributed by atoms with Crippen LogP contribution in [-0.4, -0.2) is 30.6 Å². The molecule has 0 radical (unpaired) electrons. The fourth-order valence-corrected chi connectivity index (χ4v) is 3.00. The molecule has 0 aliphatic carbocycles. The monoisotopic (exact) mass is 246 g/mol. The highest BCUT2D eigenvalue weighted by Crippen LogP contribution is 2.25. The number of aryl methyl sites for hydroxylation is 1. The molecule has 18 heavy (non-hydrogen) atoms. The number of nitrogens with zero attached hydrogens (tertiary/aromatic N) is 1. The molecule has 1 fully saturated rings. The molecule has 2 nitrogen and oxygen atoms in total. The number of hydrogen-bond acceptors (Lipinski definition) is 2. The van der Waals surface area contributed by atoms with Gasteiger partial charge in [0.25, 0.3) is 0 Å². The lowest BCUT2D eigenvalue weighted by molar-refractivity contribution is 0.0811. The molecule has 2 heteroatoms. The molecule has 1 aromatic rings. The average molecular weight is 246 g/mol. The molecule has 3 atom stereocenters. The Kier molecular flexibility index (Phi) is 4.41. The maximum absolute atomic E-state index is 3.45. The Labute approximate surface area is 111 Å². The number of hydrogen-bond donors (Lipinski definition) is 1. The van der Waals surface area contributed by atoms with Crippen molar-refractivity contribution in [1.29, 1.82) is 0 Å². The fraction of sp³-hybridized carbons (Fsp3) is 0.625. The van der Waals surface area contributed by atoms with Gasteiger partial charge in [0.1, 0.15) is 0 Å². The molecule has 100 valence electrons. The highest BCUT2D eigenvalue weighted by atomic mass is 15.2. The summed E-state index contributed by atoms with van der Waals surface area (Å²) in [5, 5.41) is 3.45. The van der Waals surface area contributed by atoms with Gasteiger partial charge in [0.15, 0.2) is 0 Å². The van der Waals surface area contributed by atoms with Crippen molar-refractivity contribution in [3.05, 3.63) is 35.4 Å². The third kappa shape index (κ3) is 2.93. The summed E-state index contributed by atoms with van der Waals surface area (Å²) < 4.78 is 0. The second-order valence-electron chi connectivity index (χ2n) is 5.74. The molecule has 1 aromatic carbocycles. The standard InChI is InChI=1S/C16H26N2/c1-12-5-7-15(8-6-12)11-18-10-9-16(17-4)13(2)14(18)3/h5-8,13-14,16-17H,9-11H2,1-4H3. The lowest BCUT2D eigenvalue weighted by atomic mass is 9.87. The van der Waals surface area contributed by atoms with Gasteiger partial charge >= 0.3 is 0 Å². The van der Waals surface area contributed by atoms with E-state index in [0.29, 0.717) is 18.0 Å². The van der Waals surface area contributed by atoms with Crippen LogP contribution in [0, 0.1) is 12.8 Å². The average Bonchev–Trinajstić information content (AvgIpc) is 2.38. The van der Waals surface area contributed by atoms with E-state index in [4.69, 9.17) is 0 Å². The number of rotatable bonds is 3. The zero-order valence-corrected chi connectivity index (χ0v) is 12.1. The van der Waals surface area contributed by atoms with Gasteiger partial charge in [-0.1, -0.05) is 36.8 Å². The Morgan fingerprint density at radius 3 is 2.50 bits per heavy atom. The van der Waals surface area contributed by atoms with Crippen molar-refractivity contribution in [3.63, 3.8) is 0 Å². The molecular weight excluding hydrogens is 220 g/mol. The first kappa shape index (κ1) is 13.6. The molecule has 0 saturated carbocycles. The van der Waals surface area contributed by atoms with Gasteiger partial charge in [-0.25, -0.2) is 0 Å². The third-order valence-corrected chi connectivity index (χ3v) is 4.58. The van der Waals surface area contributed by atoms with Crippen molar-refractivity contribution in [1.82, 2.24) is 10.2 Å². The lowest BCUT2D eigenvalue weighted by Gasteiger charge is -2.42. The van der Waals surface area contributed by atoms with Crippen LogP contribution in [0.25, 0.3) is 0 Å². The highest BCUT2D eigenvalue weighted by molar-refractivity contribution is 5.21. The van der Waals surface area contributed by atoms with Crippen molar-refractivity contribution in [2.75, 3.05) is 13.6 Å². The number of nitrogens with one attached hydrogen (secondary N) is 1. The zero-order valence-electron chi connectivity index (χ0n) is 12.1. The Morgan fingerprint density at radius 2 is 1.89 bits per heavy atom. The van der Waals surface area contributed by atoms with Crippen LogP contribution in [0.4, 0.5) is 0 Å². The Hall–Kier alpha value is -0.860. The Balaban J connectivity index is 2.00. The summed E-state index contributed by atoms with van der Waals surface area (Å²) in [6, 6.07) is 10.3. The van der Waals surface area contributed by atoms with E-state index in [2.05, 4.69) is 62.3 Å². The minimum absolute atomic E-state index is 0.650. The molecular formula is C16H26N2. The maximum Gasteiger partial charge on any atom is 0.0236 e. The van der Waals surface area contributed by atoms with E-state index in [1.807, 2.05) is 0 Å². The van der Waals surface area contributed by atoms with E-state index in [1.54, 1.807) is 0 Å². The van der Waals surface area contributed by atoms with E-state index in [0.717, 1.165) is 6.54 Å². The van der Waals surface area contributed by atoms with Gasteiger partial charge in [0, 0.05) is 25.2 Å². The van der Waals surface area contributed by atoms with Crippen molar-refractivity contribution < 1.29 is 0 Å². The summed E-state index contributed by atoms with van der Waals surface area (Å²) in [6.45, 7) is 9.16. The molecule has 0 amide bonds. The first-order valence-electron chi connectivity index (χ1n) is 7.08. The van der Waals surface area contributed by atoms with E-state index < -0.39 is 0 Å². The summed E-state index contributed by atoms with van der Waals surface area (Å²) in [6.07, 6.45) is 1.26. The highest BCUT2D eigenvalue weighted by Gasteiger charge is 2.31. The number of likely N-dealkylation sites (tertiary alicyclic amines) is 1. The third-order valence-electron chi connectivity index (χ3n) is 4.58. The molecule has 2 rings (SSSR count). The maximum atomic E-state index is 3.45. The quantitative estimate of drug-likeness (QED) is 0.882. The van der Waals surface area contributed by atoms with Crippen LogP contribution >= 0.6 is 0 Å². The lowest BCUT2D eigenvalue weighted by Crippen LogP contribution is -2.52. The minimum atomic E-state index is 0.650. The van der Waals surface area contributed by atoms with E-state index in [9.17, 15) is 0 Å². The molecule has 1 saturated heterocycles. The molecule has 0 bridgehead atoms. The minimum Gasteiger partial charge on any atom is -0.317 e. The summed E-state index contributed by atoms with van der Waals surface area (Å²) in [5.41, 5.74) is 2.77. The predicted molar refractivity (Wildman–Crippen MR) is 77.7 cm³/mol. The van der Waals surface area contributed by atoms with Gasteiger partial charge < -0.3 is 5.32 Å². The molecule has 1 aliphatic heterocycles. The SMILES string of the molecule is CNC1CCN(Cc2ccc(C)cc2)C(C)C1C. The molecule has 0 spiro atoms. The van der Waals surface area contributed by atoms with E-state index in [-0.39, 0.29) is 0 Å². The van der Waals surface area contributed by atoms with Crippen molar-refractivity contribution >= 4 is 0 Å². The largest absolute Gasteiger partial charge is 0.317 e. The van der Waals surface area contributed by atoms with Gasteiger partial charge in [0.05, 0.1) is 0 Å². The Bertz CT molecular complexity index is 371. The predicted octanol–water partition coefficient (Wildman–Crippen LogP) is 2.81. The van der Waals surface area contributed by atoms with Crippen LogP contribution in [0.5, 0.6) is 0 Å². The first-order chi connectivity index (χ1) is 8.61. The molecule has 1 aliphatic rings. The van der Waals surface area contributed by atoms with Crippen LogP contribution in [0.15, 0.2) is 24.3 Å². The van der Waals surface area contributed by atoms with Gasteiger partial charge in [0.2, 0.25) is 0 Å². The fourth-order valence-electron chi connectivity index (χ4n) is 3.00. The Morgan fingerprint density at radius 1 is 1.22 bits per heavy atom. The second-order valence-corrected chi connectivity index (χ2v) is 5.74. The topological polar surface area (TPSA) is 15.3 Å². The van der Waals surface area contributed by atoms with Gasteiger partial charge in [-0.3, -0.25) is 4.90 Å².